The summed E-state index contributed by atoms with van der Waals surface area (Å²) in [4.78, 5) is 24.6. The number of hydrogen-bond donors (Lipinski definition) is 1. The third kappa shape index (κ3) is 4.36. The van der Waals surface area contributed by atoms with Crippen molar-refractivity contribution in [3.8, 4) is 5.75 Å². The molecule has 1 aliphatic carbocycles. The van der Waals surface area contributed by atoms with Gasteiger partial charge in [0, 0.05) is 37.3 Å². The molecule has 1 heterocycles. The normalized spacial score (nSPS) is 19.0. The molecular weight excluding hydrogens is 334 g/mol. The van der Waals surface area contributed by atoms with E-state index in [1.54, 1.807) is 0 Å². The van der Waals surface area contributed by atoms with Crippen LogP contribution in [0, 0.1) is 10.1 Å². The Morgan fingerprint density at radius 1 is 1.33 bits per heavy atom. The number of hydrogen-bond acceptors (Lipinski definition) is 5. The fourth-order valence-corrected chi connectivity index (χ4v) is 3.21. The van der Waals surface area contributed by atoms with Crippen LogP contribution in [-0.4, -0.2) is 47.5 Å². The number of benzene rings is 1. The molecule has 0 unspecified atom stereocenters. The van der Waals surface area contributed by atoms with Crippen LogP contribution in [0.3, 0.4) is 0 Å². The summed E-state index contributed by atoms with van der Waals surface area (Å²) in [5.41, 5.74) is -0.112. The standard InChI is InChI=1S/C16H20ClN3O4/c17-14-9-13(20(22)23)3-4-15(14)24-10-16(21)18-11-5-7-19(8-6-11)12-1-2-12/h3-4,9,11-12H,1-2,5-8,10H2,(H,18,21). The molecule has 8 heteroatoms. The summed E-state index contributed by atoms with van der Waals surface area (Å²) < 4.78 is 5.37. The Balaban J connectivity index is 1.43. The Morgan fingerprint density at radius 3 is 2.62 bits per heavy atom. The molecule has 0 aromatic heterocycles. The number of nitro benzene ring substituents is 1. The number of amides is 1. The summed E-state index contributed by atoms with van der Waals surface area (Å²) in [7, 11) is 0. The first kappa shape index (κ1) is 17.0. The van der Waals surface area contributed by atoms with Crippen LogP contribution in [0.5, 0.6) is 5.75 Å². The van der Waals surface area contributed by atoms with Gasteiger partial charge in [-0.1, -0.05) is 11.6 Å². The van der Waals surface area contributed by atoms with Crippen molar-refractivity contribution in [2.45, 2.75) is 37.8 Å². The van der Waals surface area contributed by atoms with Crippen molar-refractivity contribution < 1.29 is 14.5 Å². The SMILES string of the molecule is O=C(COc1ccc([N+](=O)[O-])cc1Cl)NC1CCN(C2CC2)CC1. The van der Waals surface area contributed by atoms with E-state index < -0.39 is 4.92 Å². The summed E-state index contributed by atoms with van der Waals surface area (Å²) in [6, 6.07) is 4.87. The second-order valence-electron chi connectivity index (χ2n) is 6.27. The van der Waals surface area contributed by atoms with Gasteiger partial charge in [-0.15, -0.1) is 0 Å². The first-order valence-corrected chi connectivity index (χ1v) is 8.51. The minimum atomic E-state index is -0.531. The molecule has 1 aromatic rings. The van der Waals surface area contributed by atoms with Gasteiger partial charge in [0.05, 0.1) is 9.95 Å². The number of carbonyl (C=O) groups excluding carboxylic acids is 1. The largest absolute Gasteiger partial charge is 0.482 e. The average molecular weight is 354 g/mol. The molecule has 0 radical (unpaired) electrons. The van der Waals surface area contributed by atoms with Crippen LogP contribution in [0.1, 0.15) is 25.7 Å². The lowest BCUT2D eigenvalue weighted by Gasteiger charge is -2.32. The van der Waals surface area contributed by atoms with E-state index in [0.29, 0.717) is 0 Å². The molecule has 2 fully saturated rings. The highest BCUT2D eigenvalue weighted by molar-refractivity contribution is 6.32. The van der Waals surface area contributed by atoms with Gasteiger partial charge in [0.25, 0.3) is 11.6 Å². The van der Waals surface area contributed by atoms with Gasteiger partial charge in [0.15, 0.2) is 6.61 Å². The van der Waals surface area contributed by atoms with Crippen LogP contribution in [0.4, 0.5) is 5.69 Å². The van der Waals surface area contributed by atoms with E-state index in [9.17, 15) is 14.9 Å². The minimum Gasteiger partial charge on any atom is -0.482 e. The number of ether oxygens (including phenoxy) is 1. The number of non-ortho nitro benzene ring substituents is 1. The maximum Gasteiger partial charge on any atom is 0.271 e. The fourth-order valence-electron chi connectivity index (χ4n) is 2.98. The Labute approximate surface area is 145 Å². The van der Waals surface area contributed by atoms with Crippen molar-refractivity contribution in [2.75, 3.05) is 19.7 Å². The number of rotatable bonds is 6. The summed E-state index contributed by atoms with van der Waals surface area (Å²) in [6.45, 7) is 1.91. The molecule has 2 aliphatic rings. The second-order valence-corrected chi connectivity index (χ2v) is 6.68. The highest BCUT2D eigenvalue weighted by Crippen LogP contribution is 2.30. The first-order chi connectivity index (χ1) is 11.5. The molecule has 0 bridgehead atoms. The maximum atomic E-state index is 12.0. The number of nitrogens with one attached hydrogen (secondary N) is 1. The van der Waals surface area contributed by atoms with Gasteiger partial charge in [-0.05, 0) is 31.7 Å². The first-order valence-electron chi connectivity index (χ1n) is 8.13. The van der Waals surface area contributed by atoms with Crippen molar-refractivity contribution in [3.05, 3.63) is 33.3 Å². The van der Waals surface area contributed by atoms with Crippen LogP contribution in [0.25, 0.3) is 0 Å². The van der Waals surface area contributed by atoms with E-state index in [-0.39, 0.29) is 35.0 Å². The molecule has 1 saturated heterocycles. The Morgan fingerprint density at radius 2 is 2.04 bits per heavy atom. The number of nitrogens with zero attached hydrogens (tertiary/aromatic N) is 2. The molecule has 1 aliphatic heterocycles. The number of piperidine rings is 1. The van der Waals surface area contributed by atoms with Crippen LogP contribution in [0.2, 0.25) is 5.02 Å². The molecule has 1 N–H and O–H groups in total. The molecule has 0 spiro atoms. The fraction of sp³-hybridized carbons (Fsp3) is 0.562. The highest BCUT2D eigenvalue weighted by Gasteiger charge is 2.32. The Kier molecular flexibility index (Phi) is 5.20. The number of nitro groups is 1. The molecule has 24 heavy (non-hydrogen) atoms. The van der Waals surface area contributed by atoms with Crippen LogP contribution in [0.15, 0.2) is 18.2 Å². The lowest BCUT2D eigenvalue weighted by atomic mass is 10.0. The van der Waals surface area contributed by atoms with Crippen molar-refractivity contribution in [1.29, 1.82) is 0 Å². The molecule has 7 nitrogen and oxygen atoms in total. The van der Waals surface area contributed by atoms with Crippen molar-refractivity contribution >= 4 is 23.2 Å². The van der Waals surface area contributed by atoms with E-state index in [1.165, 1.54) is 31.0 Å². The third-order valence-corrected chi connectivity index (χ3v) is 4.74. The predicted molar refractivity (Wildman–Crippen MR) is 89.4 cm³/mol. The molecular formula is C16H20ClN3O4. The van der Waals surface area contributed by atoms with E-state index in [1.807, 2.05) is 0 Å². The van der Waals surface area contributed by atoms with Crippen LogP contribution < -0.4 is 10.1 Å². The molecule has 1 saturated carbocycles. The summed E-state index contributed by atoms with van der Waals surface area (Å²) in [5.74, 6) is 0.0651. The van der Waals surface area contributed by atoms with Gasteiger partial charge in [-0.25, -0.2) is 0 Å². The lowest BCUT2D eigenvalue weighted by molar-refractivity contribution is -0.384. The van der Waals surface area contributed by atoms with Gasteiger partial charge >= 0.3 is 0 Å². The smallest absolute Gasteiger partial charge is 0.271 e. The second kappa shape index (κ2) is 7.36. The molecule has 1 aromatic carbocycles. The van der Waals surface area contributed by atoms with Crippen molar-refractivity contribution in [3.63, 3.8) is 0 Å². The van der Waals surface area contributed by atoms with Crippen LogP contribution >= 0.6 is 11.6 Å². The molecule has 0 atom stereocenters. The van der Waals surface area contributed by atoms with Gasteiger partial charge in [0.2, 0.25) is 0 Å². The number of carbonyl (C=O) groups is 1. The number of likely N-dealkylation sites (tertiary alicyclic amines) is 1. The molecule has 130 valence electrons. The average Bonchev–Trinajstić information content (AvgIpc) is 3.39. The van der Waals surface area contributed by atoms with Crippen molar-refractivity contribution in [2.24, 2.45) is 0 Å². The van der Waals surface area contributed by atoms with Gasteiger partial charge < -0.3 is 15.0 Å². The summed E-state index contributed by atoms with van der Waals surface area (Å²) in [5, 5.41) is 13.8. The zero-order chi connectivity index (χ0) is 17.1. The van der Waals surface area contributed by atoms with Gasteiger partial charge in [-0.3, -0.25) is 14.9 Å². The van der Waals surface area contributed by atoms with Gasteiger partial charge in [0.1, 0.15) is 5.75 Å². The zero-order valence-electron chi connectivity index (χ0n) is 13.2. The topological polar surface area (TPSA) is 84.7 Å². The highest BCUT2D eigenvalue weighted by atomic mass is 35.5. The predicted octanol–water partition coefficient (Wildman–Crippen LogP) is 2.37. The third-order valence-electron chi connectivity index (χ3n) is 4.44. The minimum absolute atomic E-state index is 0.112. The maximum absolute atomic E-state index is 12.0. The lowest BCUT2D eigenvalue weighted by Crippen LogP contribution is -2.46. The van der Waals surface area contributed by atoms with E-state index in [2.05, 4.69) is 10.2 Å². The van der Waals surface area contributed by atoms with E-state index >= 15 is 0 Å². The van der Waals surface area contributed by atoms with Gasteiger partial charge in [-0.2, -0.15) is 0 Å². The monoisotopic (exact) mass is 353 g/mol. The quantitative estimate of drug-likeness (QED) is 0.627. The summed E-state index contributed by atoms with van der Waals surface area (Å²) >= 11 is 5.93. The Hall–Kier alpha value is -1.86. The van der Waals surface area contributed by atoms with E-state index in [0.717, 1.165) is 32.0 Å². The number of halogens is 1. The summed E-state index contributed by atoms with van der Waals surface area (Å²) in [6.07, 6.45) is 4.53. The molecule has 1 amide bonds. The van der Waals surface area contributed by atoms with Crippen molar-refractivity contribution in [1.82, 2.24) is 10.2 Å². The van der Waals surface area contributed by atoms with E-state index in [4.69, 9.17) is 16.3 Å². The van der Waals surface area contributed by atoms with Crippen LogP contribution in [-0.2, 0) is 4.79 Å². The zero-order valence-corrected chi connectivity index (χ0v) is 14.0. The molecule has 3 rings (SSSR count). The Bertz CT molecular complexity index is 628.